The third-order valence-electron chi connectivity index (χ3n) is 5.16. The van der Waals surface area contributed by atoms with E-state index >= 15 is 0 Å². The molecule has 0 radical (unpaired) electrons. The van der Waals surface area contributed by atoms with Gasteiger partial charge in [-0.15, -0.1) is 0 Å². The lowest BCUT2D eigenvalue weighted by molar-refractivity contribution is -0.116. The number of anilines is 1. The van der Waals surface area contributed by atoms with Crippen molar-refractivity contribution in [1.29, 1.82) is 0 Å². The summed E-state index contributed by atoms with van der Waals surface area (Å²) in [5.41, 5.74) is 3.74. The molecule has 1 aliphatic rings. The summed E-state index contributed by atoms with van der Waals surface area (Å²) < 4.78 is 26.5. The number of aryl methyl sites for hydroxylation is 2. The molecule has 4 rings (SSSR count). The van der Waals surface area contributed by atoms with E-state index in [4.69, 9.17) is 19.3 Å². The fourth-order valence-electron chi connectivity index (χ4n) is 3.65. The van der Waals surface area contributed by atoms with Gasteiger partial charge in [0.25, 0.3) is 0 Å². The fraction of sp³-hybridized carbons (Fsp3) is 0.421. The summed E-state index contributed by atoms with van der Waals surface area (Å²) in [5, 5.41) is 23.6. The monoisotopic (exact) mass is 481 g/mol. The molecule has 0 spiro atoms. The van der Waals surface area contributed by atoms with Gasteiger partial charge in [-0.3, -0.25) is 4.52 Å². The first-order valence-corrected chi connectivity index (χ1v) is 11.5. The molecule has 3 aromatic rings. The first kappa shape index (κ1) is 23.5. The number of aliphatic hydroxyl groups excluding tert-OH is 2. The molecule has 4 atom stereocenters. The molecule has 13 nitrogen and oxygen atoms in total. The van der Waals surface area contributed by atoms with Crippen molar-refractivity contribution in [1.82, 2.24) is 19.9 Å². The van der Waals surface area contributed by atoms with Crippen molar-refractivity contribution in [3.8, 4) is 5.75 Å². The number of hydrogen-bond donors (Lipinski definition) is 6. The van der Waals surface area contributed by atoms with E-state index in [0.717, 1.165) is 16.7 Å². The summed E-state index contributed by atoms with van der Waals surface area (Å²) in [6, 6.07) is 3.79. The number of benzene rings is 1. The zero-order valence-electron chi connectivity index (χ0n) is 17.7. The number of ether oxygens (including phenoxy) is 2. The summed E-state index contributed by atoms with van der Waals surface area (Å²) >= 11 is 0. The largest absolute Gasteiger partial charge is 0.469 e. The second-order valence-electron chi connectivity index (χ2n) is 7.66. The quantitative estimate of drug-likeness (QED) is 0.245. The van der Waals surface area contributed by atoms with Crippen LogP contribution in [-0.2, 0) is 20.4 Å². The molecule has 1 fully saturated rings. The van der Waals surface area contributed by atoms with E-state index in [-0.39, 0.29) is 0 Å². The van der Waals surface area contributed by atoms with Crippen LogP contribution in [0.3, 0.4) is 0 Å². The van der Waals surface area contributed by atoms with E-state index in [1.165, 1.54) is 6.33 Å². The normalized spacial score (nSPS) is 23.2. The molecular weight excluding hydrogens is 457 g/mol. The Labute approximate surface area is 188 Å². The molecule has 1 unspecified atom stereocenters. The SMILES string of the molecule is Cc1cc(CNc2ncnc3nc[nH]c23)cc(C)c1OC1O[C@H](COP(=O)(O)O)[C@@H](O)[C@H]1O. The van der Waals surface area contributed by atoms with Crippen LogP contribution in [-0.4, -0.2) is 71.1 Å². The van der Waals surface area contributed by atoms with E-state index in [0.29, 0.717) is 29.3 Å². The molecule has 178 valence electrons. The van der Waals surface area contributed by atoms with Crippen LogP contribution in [0.1, 0.15) is 16.7 Å². The molecule has 1 aromatic carbocycles. The molecule has 2 aromatic heterocycles. The standard InChI is InChI=1S/C19H24N5O8P/c1-9-3-11(5-20-17-13-18(22-7-21-13)24-8-23-17)4-10(2)16(9)32-19-15(26)14(25)12(31-19)6-30-33(27,28)29/h3-4,7-8,12,14-15,19,25-26H,5-6H2,1-2H3,(H2,27,28,29)(H2,20,21,22,23,24)/t12-,14-,15-,19?/m1/s1. The van der Waals surface area contributed by atoms with Gasteiger partial charge in [-0.2, -0.15) is 0 Å². The van der Waals surface area contributed by atoms with E-state index in [1.807, 2.05) is 26.0 Å². The number of nitrogens with one attached hydrogen (secondary N) is 2. The Morgan fingerprint density at radius 2 is 1.88 bits per heavy atom. The van der Waals surface area contributed by atoms with Crippen LogP contribution in [0.4, 0.5) is 5.82 Å². The third-order valence-corrected chi connectivity index (χ3v) is 5.65. The number of nitrogens with zero attached hydrogens (tertiary/aromatic N) is 3. The first-order valence-electron chi connectivity index (χ1n) is 9.99. The molecule has 3 heterocycles. The predicted octanol–water partition coefficient (Wildman–Crippen LogP) is 0.517. The van der Waals surface area contributed by atoms with Gasteiger partial charge in [0.05, 0.1) is 12.9 Å². The molecule has 1 aliphatic heterocycles. The van der Waals surface area contributed by atoms with Gasteiger partial charge in [-0.1, -0.05) is 12.1 Å². The Bertz CT molecular complexity index is 1160. The van der Waals surface area contributed by atoms with Gasteiger partial charge < -0.3 is 39.8 Å². The Hall–Kier alpha value is -2.64. The highest BCUT2D eigenvalue weighted by molar-refractivity contribution is 7.46. The zero-order valence-corrected chi connectivity index (χ0v) is 18.6. The molecule has 0 aliphatic carbocycles. The highest BCUT2D eigenvalue weighted by Crippen LogP contribution is 2.37. The molecule has 0 bridgehead atoms. The minimum Gasteiger partial charge on any atom is -0.461 e. The van der Waals surface area contributed by atoms with Gasteiger partial charge in [0.2, 0.25) is 6.29 Å². The van der Waals surface area contributed by atoms with Crippen molar-refractivity contribution in [2.45, 2.75) is 45.0 Å². The summed E-state index contributed by atoms with van der Waals surface area (Å²) in [7, 11) is -4.74. The van der Waals surface area contributed by atoms with Gasteiger partial charge in [-0.25, -0.2) is 19.5 Å². The molecule has 14 heteroatoms. The number of H-pyrrole nitrogens is 1. The van der Waals surface area contributed by atoms with Crippen molar-refractivity contribution in [3.05, 3.63) is 41.5 Å². The molecule has 1 saturated heterocycles. The minimum absolute atomic E-state index is 0.463. The maximum absolute atomic E-state index is 10.9. The number of aliphatic hydroxyl groups is 2. The highest BCUT2D eigenvalue weighted by Gasteiger charge is 2.45. The third kappa shape index (κ3) is 5.31. The van der Waals surface area contributed by atoms with Crippen molar-refractivity contribution >= 4 is 24.8 Å². The van der Waals surface area contributed by atoms with Gasteiger partial charge in [-0.05, 0) is 30.5 Å². The Morgan fingerprint density at radius 3 is 2.58 bits per heavy atom. The van der Waals surface area contributed by atoms with Crippen molar-refractivity contribution in [2.24, 2.45) is 0 Å². The number of phosphoric ester groups is 1. The lowest BCUT2D eigenvalue weighted by Crippen LogP contribution is -2.36. The summed E-state index contributed by atoms with van der Waals surface area (Å²) in [5.74, 6) is 1.08. The maximum atomic E-state index is 10.9. The van der Waals surface area contributed by atoms with Crippen molar-refractivity contribution < 1.29 is 38.6 Å². The number of imidazole rings is 1. The molecule has 33 heavy (non-hydrogen) atoms. The average Bonchev–Trinajstić information content (AvgIpc) is 3.33. The lowest BCUT2D eigenvalue weighted by Gasteiger charge is -2.21. The molecular formula is C19H24N5O8P. The summed E-state index contributed by atoms with van der Waals surface area (Å²) in [4.78, 5) is 33.1. The van der Waals surface area contributed by atoms with Crippen LogP contribution in [0.25, 0.3) is 11.2 Å². The van der Waals surface area contributed by atoms with E-state index in [9.17, 15) is 14.8 Å². The maximum Gasteiger partial charge on any atom is 0.469 e. The summed E-state index contributed by atoms with van der Waals surface area (Å²) in [6.07, 6.45) is -2.28. The molecule has 0 amide bonds. The summed E-state index contributed by atoms with van der Waals surface area (Å²) in [6.45, 7) is 3.53. The van der Waals surface area contributed by atoms with Gasteiger partial charge >= 0.3 is 7.82 Å². The van der Waals surface area contributed by atoms with Gasteiger partial charge in [0.1, 0.15) is 35.9 Å². The second kappa shape index (κ2) is 9.31. The van der Waals surface area contributed by atoms with E-state index in [2.05, 4.69) is 29.8 Å². The number of hydrogen-bond acceptors (Lipinski definition) is 10. The number of aromatic nitrogens is 4. The Kier molecular flexibility index (Phi) is 6.64. The molecule has 6 N–H and O–H groups in total. The number of aromatic amines is 1. The number of rotatable bonds is 8. The van der Waals surface area contributed by atoms with Gasteiger partial charge in [0, 0.05) is 6.54 Å². The van der Waals surface area contributed by atoms with Crippen LogP contribution in [0.2, 0.25) is 0 Å². The highest BCUT2D eigenvalue weighted by atomic mass is 31.2. The Balaban J connectivity index is 1.43. The minimum atomic E-state index is -4.74. The van der Waals surface area contributed by atoms with Crippen LogP contribution in [0, 0.1) is 13.8 Å². The van der Waals surface area contributed by atoms with Gasteiger partial charge in [0.15, 0.2) is 11.5 Å². The predicted molar refractivity (Wildman–Crippen MR) is 114 cm³/mol. The van der Waals surface area contributed by atoms with Crippen molar-refractivity contribution in [3.63, 3.8) is 0 Å². The molecule has 0 saturated carbocycles. The number of fused-ring (bicyclic) bond motifs is 1. The average molecular weight is 481 g/mol. The zero-order chi connectivity index (χ0) is 23.8. The van der Waals surface area contributed by atoms with Crippen LogP contribution in [0.5, 0.6) is 5.75 Å². The van der Waals surface area contributed by atoms with E-state index in [1.54, 1.807) is 6.33 Å². The lowest BCUT2D eigenvalue weighted by atomic mass is 10.1. The fourth-order valence-corrected chi connectivity index (χ4v) is 3.99. The Morgan fingerprint density at radius 1 is 1.15 bits per heavy atom. The van der Waals surface area contributed by atoms with Crippen LogP contribution < -0.4 is 10.1 Å². The number of phosphoric acid groups is 1. The first-order chi connectivity index (χ1) is 15.6. The smallest absolute Gasteiger partial charge is 0.461 e. The second-order valence-corrected chi connectivity index (χ2v) is 8.90. The van der Waals surface area contributed by atoms with Crippen molar-refractivity contribution in [2.75, 3.05) is 11.9 Å². The van der Waals surface area contributed by atoms with Crippen LogP contribution >= 0.6 is 7.82 Å². The van der Waals surface area contributed by atoms with Crippen LogP contribution in [0.15, 0.2) is 24.8 Å². The van der Waals surface area contributed by atoms with E-state index < -0.39 is 39.0 Å². The topological polar surface area (TPSA) is 192 Å².